The Bertz CT molecular complexity index is 247. The number of carboxylic acids is 1. The smallest absolute Gasteiger partial charge is 0.324 e. The summed E-state index contributed by atoms with van der Waals surface area (Å²) in [7, 11) is 0. The lowest BCUT2D eigenvalue weighted by atomic mass is 10.1. The van der Waals surface area contributed by atoms with E-state index in [-0.39, 0.29) is 18.4 Å². The molecule has 1 saturated heterocycles. The van der Waals surface area contributed by atoms with Crippen molar-refractivity contribution in [2.75, 3.05) is 6.61 Å². The molecule has 1 heterocycles. The third-order valence-electron chi connectivity index (χ3n) is 2.88. The highest BCUT2D eigenvalue weighted by Gasteiger charge is 2.77. The Morgan fingerprint density at radius 1 is 1.82 bits per heavy atom. The number of carboxylic acid groups (broad SMARTS) is 1. The van der Waals surface area contributed by atoms with Crippen molar-refractivity contribution in [3.05, 3.63) is 0 Å². The molecule has 2 aliphatic rings. The molecule has 0 bridgehead atoms. The first-order valence-corrected chi connectivity index (χ1v) is 3.52. The second kappa shape index (κ2) is 1.57. The molecule has 2 rings (SSSR count). The van der Waals surface area contributed by atoms with Gasteiger partial charge in [0, 0.05) is 5.92 Å². The molecular weight excluding hydrogens is 148 g/mol. The summed E-state index contributed by atoms with van der Waals surface area (Å²) < 4.78 is 4.63. The summed E-state index contributed by atoms with van der Waals surface area (Å²) in [6, 6.07) is 0. The van der Waals surface area contributed by atoms with Gasteiger partial charge in [-0.15, -0.1) is 0 Å². The monoisotopic (exact) mass is 156 g/mol. The Balaban J connectivity index is 2.38. The van der Waals surface area contributed by atoms with E-state index in [1.165, 1.54) is 0 Å². The van der Waals surface area contributed by atoms with Crippen LogP contribution in [0.1, 0.15) is 6.92 Å². The van der Waals surface area contributed by atoms with Crippen molar-refractivity contribution in [3.8, 4) is 0 Å². The molecule has 4 nitrogen and oxygen atoms in total. The molecule has 4 heteroatoms. The van der Waals surface area contributed by atoms with Crippen molar-refractivity contribution in [2.45, 2.75) is 6.92 Å². The van der Waals surface area contributed by atoms with E-state index in [0.717, 1.165) is 0 Å². The lowest BCUT2D eigenvalue weighted by Crippen LogP contribution is -2.26. The van der Waals surface area contributed by atoms with Gasteiger partial charge < -0.3 is 9.84 Å². The molecule has 1 aliphatic carbocycles. The van der Waals surface area contributed by atoms with Crippen LogP contribution in [0.25, 0.3) is 0 Å². The lowest BCUT2D eigenvalue weighted by molar-refractivity contribution is -0.157. The van der Waals surface area contributed by atoms with Crippen LogP contribution >= 0.6 is 0 Å². The molecule has 2 fully saturated rings. The zero-order valence-corrected chi connectivity index (χ0v) is 6.03. The van der Waals surface area contributed by atoms with Gasteiger partial charge in [-0.2, -0.15) is 0 Å². The fraction of sp³-hybridized carbons (Fsp3) is 0.714. The van der Waals surface area contributed by atoms with E-state index in [0.29, 0.717) is 0 Å². The van der Waals surface area contributed by atoms with Crippen LogP contribution in [0.3, 0.4) is 0 Å². The SMILES string of the molecule is CC1[C@@H]2COC(=O)[C@]12C(=O)O. The Hall–Kier alpha value is -1.06. The molecule has 11 heavy (non-hydrogen) atoms. The van der Waals surface area contributed by atoms with Gasteiger partial charge in [-0.25, -0.2) is 0 Å². The standard InChI is InChI=1S/C7H8O4/c1-3-4-2-11-6(10)7(3,4)5(8)9/h3-4H,2H2,1H3,(H,8,9)/t3?,4-,7+/m0/s1. The third kappa shape index (κ3) is 0.480. The zero-order valence-electron chi connectivity index (χ0n) is 6.03. The van der Waals surface area contributed by atoms with Gasteiger partial charge in [0.15, 0.2) is 5.41 Å². The van der Waals surface area contributed by atoms with Crippen molar-refractivity contribution in [1.29, 1.82) is 0 Å². The van der Waals surface area contributed by atoms with Crippen LogP contribution in [0.2, 0.25) is 0 Å². The zero-order chi connectivity index (χ0) is 8.22. The van der Waals surface area contributed by atoms with Crippen molar-refractivity contribution < 1.29 is 19.4 Å². The second-order valence-electron chi connectivity index (χ2n) is 3.17. The number of carbonyl (C=O) groups excluding carboxylic acids is 1. The maximum Gasteiger partial charge on any atom is 0.324 e. The van der Waals surface area contributed by atoms with Gasteiger partial charge in [-0.1, -0.05) is 6.92 Å². The molecule has 0 aromatic carbocycles. The van der Waals surface area contributed by atoms with Crippen LogP contribution in [0, 0.1) is 17.3 Å². The number of rotatable bonds is 1. The van der Waals surface area contributed by atoms with E-state index in [4.69, 9.17) is 5.11 Å². The number of ether oxygens (including phenoxy) is 1. The average molecular weight is 156 g/mol. The lowest BCUT2D eigenvalue weighted by Gasteiger charge is -2.03. The Morgan fingerprint density at radius 2 is 2.45 bits per heavy atom. The minimum absolute atomic E-state index is 0.0405. The van der Waals surface area contributed by atoms with Crippen LogP contribution in [0.4, 0.5) is 0 Å². The summed E-state index contributed by atoms with van der Waals surface area (Å²) in [5.74, 6) is -1.70. The minimum Gasteiger partial charge on any atom is -0.480 e. The van der Waals surface area contributed by atoms with Crippen LogP contribution in [-0.2, 0) is 14.3 Å². The number of carbonyl (C=O) groups is 2. The van der Waals surface area contributed by atoms with Gasteiger partial charge in [0.25, 0.3) is 0 Å². The molecule has 0 radical (unpaired) electrons. The Morgan fingerprint density at radius 3 is 2.73 bits per heavy atom. The van der Waals surface area contributed by atoms with Crippen molar-refractivity contribution >= 4 is 11.9 Å². The van der Waals surface area contributed by atoms with Crippen LogP contribution in [-0.4, -0.2) is 23.7 Å². The molecule has 60 valence electrons. The van der Waals surface area contributed by atoms with E-state index < -0.39 is 17.4 Å². The first-order chi connectivity index (χ1) is 5.11. The van der Waals surface area contributed by atoms with Gasteiger partial charge in [0.05, 0.1) is 6.61 Å². The highest BCUT2D eigenvalue weighted by Crippen LogP contribution is 2.63. The molecule has 0 aromatic heterocycles. The second-order valence-corrected chi connectivity index (χ2v) is 3.17. The predicted molar refractivity (Wildman–Crippen MR) is 33.7 cm³/mol. The molecule has 1 aliphatic heterocycles. The fourth-order valence-corrected chi connectivity index (χ4v) is 1.99. The van der Waals surface area contributed by atoms with Gasteiger partial charge in [0.1, 0.15) is 0 Å². The third-order valence-corrected chi connectivity index (χ3v) is 2.88. The summed E-state index contributed by atoms with van der Waals surface area (Å²) >= 11 is 0. The van der Waals surface area contributed by atoms with E-state index in [2.05, 4.69) is 4.74 Å². The summed E-state index contributed by atoms with van der Waals surface area (Å²) in [4.78, 5) is 21.7. The number of cyclic esters (lactones) is 1. The largest absolute Gasteiger partial charge is 0.480 e. The van der Waals surface area contributed by atoms with Crippen molar-refractivity contribution in [1.82, 2.24) is 0 Å². The summed E-state index contributed by atoms with van der Waals surface area (Å²) in [6.45, 7) is 2.06. The van der Waals surface area contributed by atoms with Crippen molar-refractivity contribution in [2.24, 2.45) is 17.3 Å². The van der Waals surface area contributed by atoms with E-state index >= 15 is 0 Å². The number of aliphatic carboxylic acids is 1. The fourth-order valence-electron chi connectivity index (χ4n) is 1.99. The molecule has 0 amide bonds. The first-order valence-electron chi connectivity index (χ1n) is 3.52. The number of hydrogen-bond acceptors (Lipinski definition) is 3. The minimum atomic E-state index is -1.17. The highest BCUT2D eigenvalue weighted by molar-refractivity contribution is 6.05. The number of hydrogen-bond donors (Lipinski definition) is 1. The number of fused-ring (bicyclic) bond motifs is 1. The van der Waals surface area contributed by atoms with Crippen LogP contribution in [0.5, 0.6) is 0 Å². The maximum absolute atomic E-state index is 11.0. The van der Waals surface area contributed by atoms with Crippen LogP contribution < -0.4 is 0 Å². The molecular formula is C7H8O4. The van der Waals surface area contributed by atoms with Gasteiger partial charge >= 0.3 is 11.9 Å². The Kier molecular flexibility index (Phi) is 0.948. The summed E-state index contributed by atoms with van der Waals surface area (Å²) in [5, 5.41) is 8.75. The van der Waals surface area contributed by atoms with E-state index in [9.17, 15) is 9.59 Å². The van der Waals surface area contributed by atoms with Gasteiger partial charge in [-0.05, 0) is 5.92 Å². The molecule has 0 aromatic rings. The normalized spacial score (nSPS) is 46.5. The first kappa shape index (κ1) is 6.64. The predicted octanol–water partition coefficient (Wildman–Crippen LogP) is -0.120. The maximum atomic E-state index is 11.0. The summed E-state index contributed by atoms with van der Waals surface area (Å²) in [5.41, 5.74) is -1.17. The van der Waals surface area contributed by atoms with E-state index in [1.54, 1.807) is 6.92 Å². The molecule has 1 unspecified atom stereocenters. The molecule has 0 spiro atoms. The van der Waals surface area contributed by atoms with E-state index in [1.807, 2.05) is 0 Å². The number of esters is 1. The van der Waals surface area contributed by atoms with Gasteiger partial charge in [0.2, 0.25) is 0 Å². The van der Waals surface area contributed by atoms with Gasteiger partial charge in [-0.3, -0.25) is 9.59 Å². The average Bonchev–Trinajstić information content (AvgIpc) is 2.32. The highest BCUT2D eigenvalue weighted by atomic mass is 16.5. The summed E-state index contributed by atoms with van der Waals surface area (Å²) in [6.07, 6.45) is 0. The van der Waals surface area contributed by atoms with Crippen molar-refractivity contribution in [3.63, 3.8) is 0 Å². The molecule has 3 atom stereocenters. The van der Waals surface area contributed by atoms with Crippen LogP contribution in [0.15, 0.2) is 0 Å². The Labute approximate surface area is 63.1 Å². The topological polar surface area (TPSA) is 63.6 Å². The molecule has 1 N–H and O–H groups in total. The molecule has 1 saturated carbocycles. The quantitative estimate of drug-likeness (QED) is 0.424.